The van der Waals surface area contributed by atoms with E-state index in [1.165, 1.54) is 18.2 Å². The van der Waals surface area contributed by atoms with E-state index in [2.05, 4.69) is 21.2 Å². The Labute approximate surface area is 128 Å². The minimum atomic E-state index is -0.932. The Bertz CT molecular complexity index is 604. The average Bonchev–Trinajstić information content (AvgIpc) is 2.86. The minimum Gasteiger partial charge on any atom is -0.481 e. The second-order valence-corrected chi connectivity index (χ2v) is 5.83. The standard InChI is InChI=1S/C13H13BrN2O5/c14-8-4-7(5-9(6-8)16(20)21)12(17)15-11-3-1-2-10(11)13(18)19/h4-6,10-11H,1-3H2,(H,15,17)(H,18,19). The number of nitrogens with one attached hydrogen (secondary N) is 1. The van der Waals surface area contributed by atoms with Gasteiger partial charge >= 0.3 is 5.97 Å². The first-order valence-electron chi connectivity index (χ1n) is 6.37. The van der Waals surface area contributed by atoms with Crippen LogP contribution < -0.4 is 5.32 Å². The van der Waals surface area contributed by atoms with Crippen molar-refractivity contribution in [3.05, 3.63) is 38.3 Å². The molecule has 0 aliphatic heterocycles. The number of carboxylic acids is 1. The third-order valence-electron chi connectivity index (χ3n) is 3.51. The summed E-state index contributed by atoms with van der Waals surface area (Å²) < 4.78 is 0.419. The van der Waals surface area contributed by atoms with E-state index in [1.54, 1.807) is 0 Å². The maximum absolute atomic E-state index is 12.1. The number of hydrogen-bond acceptors (Lipinski definition) is 4. The van der Waals surface area contributed by atoms with E-state index in [9.17, 15) is 19.7 Å². The van der Waals surface area contributed by atoms with Crippen molar-refractivity contribution in [1.29, 1.82) is 0 Å². The van der Waals surface area contributed by atoms with Gasteiger partial charge in [0.2, 0.25) is 0 Å². The third kappa shape index (κ3) is 3.57. The summed E-state index contributed by atoms with van der Waals surface area (Å²) in [6.45, 7) is 0. The summed E-state index contributed by atoms with van der Waals surface area (Å²) >= 11 is 3.12. The molecule has 0 bridgehead atoms. The Morgan fingerprint density at radius 1 is 1.33 bits per heavy atom. The summed E-state index contributed by atoms with van der Waals surface area (Å²) in [5.74, 6) is -2.04. The number of aliphatic carboxylic acids is 1. The van der Waals surface area contributed by atoms with Gasteiger partial charge in [-0.1, -0.05) is 22.4 Å². The first kappa shape index (κ1) is 15.4. The van der Waals surface area contributed by atoms with Crippen LogP contribution >= 0.6 is 15.9 Å². The van der Waals surface area contributed by atoms with Gasteiger partial charge in [0.15, 0.2) is 0 Å². The molecule has 2 rings (SSSR count). The predicted octanol–water partition coefficient (Wildman–Crippen LogP) is 2.34. The van der Waals surface area contributed by atoms with E-state index >= 15 is 0 Å². The first-order chi connectivity index (χ1) is 9.88. The van der Waals surface area contributed by atoms with Gasteiger partial charge in [0.25, 0.3) is 11.6 Å². The lowest BCUT2D eigenvalue weighted by Crippen LogP contribution is -2.40. The van der Waals surface area contributed by atoms with Gasteiger partial charge in [-0.05, 0) is 18.9 Å². The van der Waals surface area contributed by atoms with Crippen LogP contribution in [0.4, 0.5) is 5.69 Å². The Morgan fingerprint density at radius 2 is 2.05 bits per heavy atom. The number of halogens is 1. The third-order valence-corrected chi connectivity index (χ3v) is 3.96. The van der Waals surface area contributed by atoms with Crippen LogP contribution in [0.2, 0.25) is 0 Å². The summed E-state index contributed by atoms with van der Waals surface area (Å²) in [4.78, 5) is 33.4. The SMILES string of the molecule is O=C(NC1CCCC1C(=O)O)c1cc(Br)cc([N+](=O)[O-])c1. The lowest BCUT2D eigenvalue weighted by molar-refractivity contribution is -0.385. The highest BCUT2D eigenvalue weighted by molar-refractivity contribution is 9.10. The van der Waals surface area contributed by atoms with Gasteiger partial charge in [-0.15, -0.1) is 0 Å². The minimum absolute atomic E-state index is 0.132. The largest absolute Gasteiger partial charge is 0.481 e. The number of nitro benzene ring substituents is 1. The van der Waals surface area contributed by atoms with Gasteiger partial charge in [-0.3, -0.25) is 19.7 Å². The smallest absolute Gasteiger partial charge is 0.308 e. The van der Waals surface area contributed by atoms with E-state index in [-0.39, 0.29) is 11.3 Å². The quantitative estimate of drug-likeness (QED) is 0.635. The molecule has 2 N–H and O–H groups in total. The number of nitrogens with zero attached hydrogens (tertiary/aromatic N) is 1. The molecule has 0 saturated heterocycles. The Morgan fingerprint density at radius 3 is 2.67 bits per heavy atom. The van der Waals surface area contributed by atoms with Crippen LogP contribution in [0.15, 0.2) is 22.7 Å². The van der Waals surface area contributed by atoms with Crippen molar-refractivity contribution < 1.29 is 19.6 Å². The molecule has 112 valence electrons. The average molecular weight is 357 g/mol. The molecule has 1 fully saturated rings. The van der Waals surface area contributed by atoms with Crippen LogP contribution in [-0.4, -0.2) is 27.9 Å². The monoisotopic (exact) mass is 356 g/mol. The van der Waals surface area contributed by atoms with E-state index in [1.807, 2.05) is 0 Å². The zero-order chi connectivity index (χ0) is 15.6. The number of carbonyl (C=O) groups excluding carboxylic acids is 1. The van der Waals surface area contributed by atoms with Crippen LogP contribution in [0.5, 0.6) is 0 Å². The maximum atomic E-state index is 12.1. The maximum Gasteiger partial charge on any atom is 0.308 e. The molecule has 2 atom stereocenters. The number of nitro groups is 1. The van der Waals surface area contributed by atoms with Crippen molar-refractivity contribution in [1.82, 2.24) is 5.32 Å². The van der Waals surface area contributed by atoms with Gasteiger partial charge in [-0.2, -0.15) is 0 Å². The molecule has 0 aromatic heterocycles. The Kier molecular flexibility index (Phi) is 4.56. The molecule has 1 aliphatic carbocycles. The molecule has 1 aromatic rings. The van der Waals surface area contributed by atoms with Crippen LogP contribution in [-0.2, 0) is 4.79 Å². The molecule has 7 nitrogen and oxygen atoms in total. The molecule has 8 heteroatoms. The number of carboxylic acid groups (broad SMARTS) is 1. The normalized spacial score (nSPS) is 21.0. The molecule has 1 amide bonds. The number of non-ortho nitro benzene ring substituents is 1. The predicted molar refractivity (Wildman–Crippen MR) is 77.0 cm³/mol. The number of carbonyl (C=O) groups is 2. The highest BCUT2D eigenvalue weighted by Crippen LogP contribution is 2.27. The lowest BCUT2D eigenvalue weighted by Gasteiger charge is -2.17. The fraction of sp³-hybridized carbons (Fsp3) is 0.385. The Balaban J connectivity index is 2.17. The van der Waals surface area contributed by atoms with Crippen LogP contribution in [0.3, 0.4) is 0 Å². The second kappa shape index (κ2) is 6.21. The highest BCUT2D eigenvalue weighted by atomic mass is 79.9. The fourth-order valence-corrected chi connectivity index (χ4v) is 2.97. The van der Waals surface area contributed by atoms with Crippen LogP contribution in [0, 0.1) is 16.0 Å². The molecule has 0 spiro atoms. The van der Waals surface area contributed by atoms with Crippen LogP contribution in [0.1, 0.15) is 29.6 Å². The van der Waals surface area contributed by atoms with Crippen molar-refractivity contribution in [3.63, 3.8) is 0 Å². The van der Waals surface area contributed by atoms with E-state index in [4.69, 9.17) is 5.11 Å². The summed E-state index contributed by atoms with van der Waals surface area (Å²) in [5, 5.41) is 22.5. The van der Waals surface area contributed by atoms with Gasteiger partial charge in [0, 0.05) is 28.2 Å². The molecule has 1 saturated carbocycles. The molecule has 2 unspecified atom stereocenters. The van der Waals surface area contributed by atoms with Gasteiger partial charge < -0.3 is 10.4 Å². The number of benzene rings is 1. The topological polar surface area (TPSA) is 110 Å². The van der Waals surface area contributed by atoms with Gasteiger partial charge in [0.1, 0.15) is 0 Å². The molecule has 21 heavy (non-hydrogen) atoms. The molecular weight excluding hydrogens is 344 g/mol. The molecule has 1 aromatic carbocycles. The fourth-order valence-electron chi connectivity index (χ4n) is 2.49. The summed E-state index contributed by atoms with van der Waals surface area (Å²) in [6.07, 6.45) is 1.86. The zero-order valence-corrected chi connectivity index (χ0v) is 12.5. The second-order valence-electron chi connectivity index (χ2n) is 4.91. The van der Waals surface area contributed by atoms with E-state index in [0.717, 1.165) is 6.42 Å². The highest BCUT2D eigenvalue weighted by Gasteiger charge is 2.34. The van der Waals surface area contributed by atoms with Gasteiger partial charge in [-0.25, -0.2) is 0 Å². The van der Waals surface area contributed by atoms with Crippen molar-refractivity contribution in [2.24, 2.45) is 5.92 Å². The molecule has 0 radical (unpaired) electrons. The number of rotatable bonds is 4. The summed E-state index contributed by atoms with van der Waals surface area (Å²) in [5.41, 5.74) is -0.0668. The number of hydrogen-bond donors (Lipinski definition) is 2. The van der Waals surface area contributed by atoms with Crippen molar-refractivity contribution >= 4 is 33.5 Å². The zero-order valence-electron chi connectivity index (χ0n) is 10.9. The van der Waals surface area contributed by atoms with E-state index < -0.39 is 28.8 Å². The summed E-state index contributed by atoms with van der Waals surface area (Å²) in [7, 11) is 0. The van der Waals surface area contributed by atoms with Crippen molar-refractivity contribution in [3.8, 4) is 0 Å². The Hall–Kier alpha value is -1.96. The van der Waals surface area contributed by atoms with Crippen molar-refractivity contribution in [2.45, 2.75) is 25.3 Å². The molecule has 1 aliphatic rings. The number of amides is 1. The lowest BCUT2D eigenvalue weighted by atomic mass is 10.0. The summed E-state index contributed by atoms with van der Waals surface area (Å²) in [6, 6.07) is 3.50. The van der Waals surface area contributed by atoms with E-state index in [0.29, 0.717) is 17.3 Å². The first-order valence-corrected chi connectivity index (χ1v) is 7.16. The van der Waals surface area contributed by atoms with Crippen molar-refractivity contribution in [2.75, 3.05) is 0 Å². The van der Waals surface area contributed by atoms with Gasteiger partial charge in [0.05, 0.1) is 10.8 Å². The van der Waals surface area contributed by atoms with Crippen LogP contribution in [0.25, 0.3) is 0 Å². The molecular formula is C13H13BrN2O5. The molecule has 0 heterocycles.